The van der Waals surface area contributed by atoms with Crippen molar-refractivity contribution >= 4 is 33.9 Å². The van der Waals surface area contributed by atoms with Gasteiger partial charge in [0.1, 0.15) is 12.0 Å². The Bertz CT molecular complexity index is 194. The molecule has 9 heteroatoms. The van der Waals surface area contributed by atoms with Crippen LogP contribution in [0.5, 0.6) is 0 Å². The van der Waals surface area contributed by atoms with Crippen molar-refractivity contribution in [3.05, 3.63) is 0 Å². The molecule has 0 aromatic heterocycles. The van der Waals surface area contributed by atoms with Crippen LogP contribution in [-0.2, 0) is 18.9 Å². The molecule has 1 N–H and O–H groups in total. The Morgan fingerprint density at radius 2 is 2.13 bits per heavy atom. The van der Waals surface area contributed by atoms with E-state index in [9.17, 15) is 13.6 Å². The lowest BCUT2D eigenvalue weighted by Crippen LogP contribution is -2.27. The van der Waals surface area contributed by atoms with Gasteiger partial charge < -0.3 is 4.74 Å². The van der Waals surface area contributed by atoms with Crippen molar-refractivity contribution in [3.63, 3.8) is 0 Å². The summed E-state index contributed by atoms with van der Waals surface area (Å²) in [6.45, 7) is -0.0967. The van der Waals surface area contributed by atoms with Gasteiger partial charge in [0.15, 0.2) is 0 Å². The maximum atomic E-state index is 12.7. The molecule has 0 spiro atoms. The zero-order chi connectivity index (χ0) is 11.7. The van der Waals surface area contributed by atoms with Gasteiger partial charge in [-0.05, 0) is 12.8 Å². The van der Waals surface area contributed by atoms with Gasteiger partial charge in [-0.1, -0.05) is 21.0 Å². The van der Waals surface area contributed by atoms with E-state index in [-0.39, 0.29) is 6.61 Å². The first-order valence-electron chi connectivity index (χ1n) is 3.81. The number of hydrogen-bond acceptors (Lipinski definition) is 6. The first-order chi connectivity index (χ1) is 7.04. The first kappa shape index (κ1) is 15.0. The van der Waals surface area contributed by atoms with E-state index >= 15 is 0 Å². The summed E-state index contributed by atoms with van der Waals surface area (Å²) in [5.74, 6) is -1.74. The number of unbranched alkanes of at least 4 members (excludes halogenated alkanes) is 1. The second-order valence-corrected chi connectivity index (χ2v) is 3.88. The Labute approximate surface area is 97.2 Å². The largest absolute Gasteiger partial charge is 0.460 e. The highest BCUT2D eigenvalue weighted by atomic mass is 79.9. The van der Waals surface area contributed by atoms with E-state index in [1.807, 2.05) is 0 Å². The molecule has 0 bridgehead atoms. The van der Waals surface area contributed by atoms with Gasteiger partial charge in [-0.2, -0.15) is 8.78 Å². The van der Waals surface area contributed by atoms with Gasteiger partial charge in [-0.3, -0.25) is 0 Å². The van der Waals surface area contributed by atoms with Gasteiger partial charge >= 0.3 is 11.2 Å². The van der Waals surface area contributed by atoms with E-state index in [1.165, 1.54) is 0 Å². The van der Waals surface area contributed by atoms with Crippen LogP contribution in [0.25, 0.3) is 0 Å². The van der Waals surface area contributed by atoms with Crippen LogP contribution in [0.2, 0.25) is 0 Å². The van der Waals surface area contributed by atoms with Crippen LogP contribution in [0.1, 0.15) is 12.8 Å². The molecule has 0 amide bonds. The standard InChI is InChI=1S/C6H9BrF2O5S/c7-3-1-2-4-12-5(10)6(8,9)15-14-13-11/h11H,1-4H2. The molecule has 5 nitrogen and oxygen atoms in total. The van der Waals surface area contributed by atoms with Crippen LogP contribution in [0, 0.1) is 0 Å². The Hall–Kier alpha value is 0.0400. The molecule has 0 aliphatic carbocycles. The van der Waals surface area contributed by atoms with Crippen molar-refractivity contribution < 1.29 is 32.9 Å². The molecule has 0 atom stereocenters. The van der Waals surface area contributed by atoms with Crippen molar-refractivity contribution in [1.82, 2.24) is 0 Å². The van der Waals surface area contributed by atoms with E-state index in [0.29, 0.717) is 18.2 Å². The molecule has 0 saturated carbocycles. The third-order valence-electron chi connectivity index (χ3n) is 1.17. The summed E-state index contributed by atoms with van der Waals surface area (Å²) in [4.78, 5) is 10.7. The number of carbonyl (C=O) groups is 1. The van der Waals surface area contributed by atoms with Crippen molar-refractivity contribution in [1.29, 1.82) is 0 Å². The van der Waals surface area contributed by atoms with E-state index < -0.39 is 23.3 Å². The second-order valence-electron chi connectivity index (χ2n) is 2.27. The average Bonchev–Trinajstić information content (AvgIpc) is 2.21. The second kappa shape index (κ2) is 8.22. The molecule has 0 saturated heterocycles. The molecular weight excluding hydrogens is 302 g/mol. The van der Waals surface area contributed by atoms with Gasteiger partial charge in [-0.25, -0.2) is 10.1 Å². The molecule has 0 radical (unpaired) electrons. The van der Waals surface area contributed by atoms with Crippen LogP contribution in [0.15, 0.2) is 0 Å². The van der Waals surface area contributed by atoms with Crippen LogP contribution in [0.3, 0.4) is 0 Å². The van der Waals surface area contributed by atoms with Crippen LogP contribution in [-0.4, -0.2) is 28.4 Å². The summed E-state index contributed by atoms with van der Waals surface area (Å²) in [5.41, 5.74) is 0. The fourth-order valence-electron chi connectivity index (χ4n) is 0.537. The number of alkyl halides is 3. The molecule has 0 unspecified atom stereocenters. The fourth-order valence-corrected chi connectivity index (χ4v) is 1.18. The lowest BCUT2D eigenvalue weighted by atomic mass is 10.4. The Balaban J connectivity index is 3.75. The lowest BCUT2D eigenvalue weighted by molar-refractivity contribution is -0.433. The molecule has 0 fully saturated rings. The zero-order valence-electron chi connectivity index (χ0n) is 7.45. The quantitative estimate of drug-likeness (QED) is 0.185. The predicted octanol–water partition coefficient (Wildman–Crippen LogP) is 2.37. The number of hydrogen-bond donors (Lipinski definition) is 1. The highest BCUT2D eigenvalue weighted by Gasteiger charge is 2.43. The number of carbonyl (C=O) groups excluding carboxylic acids is 1. The molecule has 0 aromatic carbocycles. The zero-order valence-corrected chi connectivity index (χ0v) is 9.85. The number of rotatable bonds is 8. The van der Waals surface area contributed by atoms with Crippen molar-refractivity contribution in [3.8, 4) is 0 Å². The summed E-state index contributed by atoms with van der Waals surface area (Å²) in [7, 11) is 0. The minimum Gasteiger partial charge on any atom is -0.460 e. The molecule has 90 valence electrons. The Kier molecular flexibility index (Phi) is 8.24. The van der Waals surface area contributed by atoms with E-state index in [4.69, 9.17) is 5.26 Å². The van der Waals surface area contributed by atoms with Gasteiger partial charge in [0.05, 0.1) is 6.61 Å². The van der Waals surface area contributed by atoms with Crippen molar-refractivity contribution in [2.75, 3.05) is 11.9 Å². The van der Waals surface area contributed by atoms with E-state index in [1.54, 1.807) is 0 Å². The third-order valence-corrected chi connectivity index (χ3v) is 2.23. The van der Waals surface area contributed by atoms with Crippen molar-refractivity contribution in [2.45, 2.75) is 18.1 Å². The first-order valence-corrected chi connectivity index (χ1v) is 5.68. The molecule has 0 aliphatic heterocycles. The minimum atomic E-state index is -3.91. The highest BCUT2D eigenvalue weighted by molar-refractivity contribution is 9.09. The minimum absolute atomic E-state index is 0.0967. The van der Waals surface area contributed by atoms with E-state index in [2.05, 4.69) is 30.0 Å². The number of halogens is 3. The lowest BCUT2D eigenvalue weighted by Gasteiger charge is -2.11. The molecule has 0 aromatic rings. The van der Waals surface area contributed by atoms with Crippen LogP contribution >= 0.6 is 28.0 Å². The van der Waals surface area contributed by atoms with Crippen molar-refractivity contribution in [2.24, 2.45) is 0 Å². The topological polar surface area (TPSA) is 65.0 Å². The summed E-state index contributed by atoms with van der Waals surface area (Å²) in [6, 6.07) is 0. The molecule has 0 heterocycles. The Morgan fingerprint density at radius 3 is 2.67 bits per heavy atom. The highest BCUT2D eigenvalue weighted by Crippen LogP contribution is 2.31. The molecular formula is C6H9BrF2O5S. The fraction of sp³-hybridized carbons (Fsp3) is 0.833. The van der Waals surface area contributed by atoms with Gasteiger partial charge in [0.2, 0.25) is 0 Å². The average molecular weight is 311 g/mol. The monoisotopic (exact) mass is 310 g/mol. The normalized spacial score (nSPS) is 11.5. The third kappa shape index (κ3) is 7.01. The number of esters is 1. The SMILES string of the molecule is O=C(OCCCCBr)C(F)(F)SOOO. The van der Waals surface area contributed by atoms with E-state index in [0.717, 1.165) is 0 Å². The summed E-state index contributed by atoms with van der Waals surface area (Å²) < 4.78 is 33.1. The smallest absolute Gasteiger partial charge is 0.415 e. The van der Waals surface area contributed by atoms with Crippen LogP contribution in [0.4, 0.5) is 8.78 Å². The molecule has 0 rings (SSSR count). The van der Waals surface area contributed by atoms with Crippen LogP contribution < -0.4 is 0 Å². The molecule has 0 aliphatic rings. The van der Waals surface area contributed by atoms with Gasteiger partial charge in [0, 0.05) is 5.33 Å². The maximum Gasteiger partial charge on any atom is 0.415 e. The summed E-state index contributed by atoms with van der Waals surface area (Å²) in [5, 5.41) is 7.36. The summed E-state index contributed by atoms with van der Waals surface area (Å²) in [6.07, 6.45) is 1.19. The summed E-state index contributed by atoms with van der Waals surface area (Å²) >= 11 is 2.49. The maximum absolute atomic E-state index is 12.7. The van der Waals surface area contributed by atoms with Gasteiger partial charge in [0.25, 0.3) is 0 Å². The Morgan fingerprint density at radius 1 is 1.47 bits per heavy atom. The van der Waals surface area contributed by atoms with Gasteiger partial charge in [-0.15, -0.1) is 4.33 Å². The number of ether oxygens (including phenoxy) is 1. The molecule has 15 heavy (non-hydrogen) atoms. The predicted molar refractivity (Wildman–Crippen MR) is 51.3 cm³/mol.